The Morgan fingerprint density at radius 1 is 1.40 bits per heavy atom. The highest BCUT2D eigenvalue weighted by molar-refractivity contribution is 5.75. The number of carbonyl (C=O) groups excluding carboxylic acids is 1. The van der Waals surface area contributed by atoms with Crippen molar-refractivity contribution in [2.75, 3.05) is 6.54 Å². The fraction of sp³-hybridized carbons (Fsp3) is 0.562. The van der Waals surface area contributed by atoms with E-state index in [0.717, 1.165) is 12.8 Å². The smallest absolute Gasteiger partial charge is 0.318 e. The van der Waals surface area contributed by atoms with E-state index < -0.39 is 6.10 Å². The number of hydrogen-bond donors (Lipinski definition) is 2. The van der Waals surface area contributed by atoms with E-state index in [2.05, 4.69) is 17.4 Å². The summed E-state index contributed by atoms with van der Waals surface area (Å²) >= 11 is 0. The summed E-state index contributed by atoms with van der Waals surface area (Å²) in [4.78, 5) is 14.1. The van der Waals surface area contributed by atoms with Crippen LogP contribution < -0.4 is 5.32 Å². The lowest BCUT2D eigenvalue weighted by atomic mass is 10.1. The summed E-state index contributed by atoms with van der Waals surface area (Å²) in [6.07, 6.45) is 1.45. The molecule has 0 saturated carbocycles. The van der Waals surface area contributed by atoms with Gasteiger partial charge < -0.3 is 15.3 Å². The van der Waals surface area contributed by atoms with Crippen LogP contribution in [0.15, 0.2) is 24.3 Å². The highest BCUT2D eigenvalue weighted by atomic mass is 16.3. The van der Waals surface area contributed by atoms with E-state index in [0.29, 0.717) is 6.54 Å². The van der Waals surface area contributed by atoms with Crippen LogP contribution in [0.5, 0.6) is 0 Å². The van der Waals surface area contributed by atoms with Gasteiger partial charge >= 0.3 is 6.03 Å². The minimum absolute atomic E-state index is 0.0706. The predicted octanol–water partition coefficient (Wildman–Crippen LogP) is 2.47. The second-order valence-electron chi connectivity index (χ2n) is 5.83. The zero-order valence-corrected chi connectivity index (χ0v) is 12.5. The third-order valence-electron chi connectivity index (χ3n) is 3.78. The van der Waals surface area contributed by atoms with Gasteiger partial charge in [-0.25, -0.2) is 4.79 Å². The van der Waals surface area contributed by atoms with E-state index >= 15 is 0 Å². The van der Waals surface area contributed by atoms with Gasteiger partial charge in [0.25, 0.3) is 0 Å². The molecular weight excluding hydrogens is 252 g/mol. The van der Waals surface area contributed by atoms with Crippen molar-refractivity contribution < 1.29 is 9.90 Å². The maximum absolute atomic E-state index is 12.4. The number of hydrogen-bond acceptors (Lipinski definition) is 2. The number of benzene rings is 1. The Morgan fingerprint density at radius 3 is 2.75 bits per heavy atom. The molecule has 0 saturated heterocycles. The van der Waals surface area contributed by atoms with Crippen LogP contribution in [0.4, 0.5) is 4.79 Å². The molecule has 1 aliphatic rings. The monoisotopic (exact) mass is 276 g/mol. The van der Waals surface area contributed by atoms with Crippen molar-refractivity contribution >= 4 is 6.03 Å². The van der Waals surface area contributed by atoms with Gasteiger partial charge in [-0.2, -0.15) is 0 Å². The molecule has 4 heteroatoms. The van der Waals surface area contributed by atoms with Gasteiger partial charge in [0, 0.05) is 12.6 Å². The molecule has 1 aromatic carbocycles. The molecule has 0 spiro atoms. The third-order valence-corrected chi connectivity index (χ3v) is 3.78. The van der Waals surface area contributed by atoms with Crippen molar-refractivity contribution in [3.8, 4) is 0 Å². The van der Waals surface area contributed by atoms with Gasteiger partial charge in [0.1, 0.15) is 0 Å². The van der Waals surface area contributed by atoms with Crippen LogP contribution in [0.25, 0.3) is 0 Å². The van der Waals surface area contributed by atoms with Crippen LogP contribution >= 0.6 is 0 Å². The third kappa shape index (κ3) is 3.31. The topological polar surface area (TPSA) is 52.6 Å². The largest absolute Gasteiger partial charge is 0.392 e. The SMILES string of the molecule is CC(O)CN(C(=O)NC1CCc2ccccc21)C(C)C. The average molecular weight is 276 g/mol. The molecule has 20 heavy (non-hydrogen) atoms. The van der Waals surface area contributed by atoms with Crippen LogP contribution in [-0.4, -0.2) is 34.7 Å². The Kier molecular flexibility index (Phi) is 4.65. The maximum Gasteiger partial charge on any atom is 0.318 e. The van der Waals surface area contributed by atoms with E-state index in [4.69, 9.17) is 0 Å². The number of nitrogens with zero attached hydrogens (tertiary/aromatic N) is 1. The Morgan fingerprint density at radius 2 is 2.10 bits per heavy atom. The van der Waals surface area contributed by atoms with Crippen LogP contribution in [0.2, 0.25) is 0 Å². The molecule has 0 radical (unpaired) electrons. The van der Waals surface area contributed by atoms with Crippen LogP contribution in [0.1, 0.15) is 44.4 Å². The summed E-state index contributed by atoms with van der Waals surface area (Å²) < 4.78 is 0. The highest BCUT2D eigenvalue weighted by Crippen LogP contribution is 2.30. The first kappa shape index (κ1) is 14.9. The van der Waals surface area contributed by atoms with Gasteiger partial charge in [-0.3, -0.25) is 0 Å². The molecule has 2 atom stereocenters. The van der Waals surface area contributed by atoms with Gasteiger partial charge in [0.05, 0.1) is 12.1 Å². The normalized spacial score (nSPS) is 18.8. The summed E-state index contributed by atoms with van der Waals surface area (Å²) in [7, 11) is 0. The molecule has 110 valence electrons. The number of nitrogens with one attached hydrogen (secondary N) is 1. The molecule has 0 bridgehead atoms. The number of urea groups is 1. The van der Waals surface area contributed by atoms with E-state index in [1.165, 1.54) is 11.1 Å². The number of amides is 2. The molecule has 0 aliphatic heterocycles. The molecule has 1 aliphatic carbocycles. The molecule has 2 rings (SSSR count). The molecule has 0 aromatic heterocycles. The first-order valence-electron chi connectivity index (χ1n) is 7.32. The van der Waals surface area contributed by atoms with Crippen molar-refractivity contribution in [3.05, 3.63) is 35.4 Å². The molecule has 4 nitrogen and oxygen atoms in total. The fourth-order valence-electron chi connectivity index (χ4n) is 2.75. The zero-order chi connectivity index (χ0) is 14.7. The quantitative estimate of drug-likeness (QED) is 0.887. The number of aliphatic hydroxyl groups excluding tert-OH is 1. The van der Waals surface area contributed by atoms with Crippen LogP contribution in [0.3, 0.4) is 0 Å². The lowest BCUT2D eigenvalue weighted by Crippen LogP contribution is -2.47. The van der Waals surface area contributed by atoms with Gasteiger partial charge in [-0.15, -0.1) is 0 Å². The minimum Gasteiger partial charge on any atom is -0.392 e. The molecule has 0 fully saturated rings. The summed E-state index contributed by atoms with van der Waals surface area (Å²) in [6, 6.07) is 8.33. The lowest BCUT2D eigenvalue weighted by Gasteiger charge is -2.29. The van der Waals surface area contributed by atoms with Crippen LogP contribution in [-0.2, 0) is 6.42 Å². The molecule has 1 aromatic rings. The summed E-state index contributed by atoms with van der Waals surface area (Å²) in [6.45, 7) is 5.99. The average Bonchev–Trinajstić information content (AvgIpc) is 2.79. The minimum atomic E-state index is -0.515. The number of aliphatic hydroxyl groups is 1. The molecule has 2 amide bonds. The fourth-order valence-corrected chi connectivity index (χ4v) is 2.75. The van der Waals surface area contributed by atoms with E-state index in [1.54, 1.807) is 11.8 Å². The number of fused-ring (bicyclic) bond motifs is 1. The van der Waals surface area contributed by atoms with Crippen molar-refractivity contribution in [1.82, 2.24) is 10.2 Å². The Bertz CT molecular complexity index is 471. The van der Waals surface area contributed by atoms with Gasteiger partial charge in [-0.05, 0) is 44.7 Å². The maximum atomic E-state index is 12.4. The Hall–Kier alpha value is -1.55. The van der Waals surface area contributed by atoms with Gasteiger partial charge in [-0.1, -0.05) is 24.3 Å². The van der Waals surface area contributed by atoms with E-state index in [-0.39, 0.29) is 18.1 Å². The Labute approximate surface area is 120 Å². The highest BCUT2D eigenvalue weighted by Gasteiger charge is 2.26. The van der Waals surface area contributed by atoms with Crippen molar-refractivity contribution in [2.24, 2.45) is 0 Å². The Balaban J connectivity index is 2.04. The van der Waals surface area contributed by atoms with Crippen LogP contribution in [0, 0.1) is 0 Å². The van der Waals surface area contributed by atoms with E-state index in [1.807, 2.05) is 26.0 Å². The van der Waals surface area contributed by atoms with Crippen molar-refractivity contribution in [1.29, 1.82) is 0 Å². The summed E-state index contributed by atoms with van der Waals surface area (Å²) in [5, 5.41) is 12.6. The predicted molar refractivity (Wildman–Crippen MR) is 79.6 cm³/mol. The number of aryl methyl sites for hydroxylation is 1. The van der Waals surface area contributed by atoms with E-state index in [9.17, 15) is 9.90 Å². The molecular formula is C16H24N2O2. The second-order valence-corrected chi connectivity index (χ2v) is 5.83. The number of carbonyl (C=O) groups is 1. The number of rotatable bonds is 4. The second kappa shape index (κ2) is 6.27. The molecule has 2 N–H and O–H groups in total. The van der Waals surface area contributed by atoms with Gasteiger partial charge in [0.15, 0.2) is 0 Å². The van der Waals surface area contributed by atoms with Crippen molar-refractivity contribution in [2.45, 2.75) is 51.8 Å². The standard InChI is InChI=1S/C16H24N2O2/c1-11(2)18(10-12(3)19)16(20)17-15-9-8-13-6-4-5-7-14(13)15/h4-7,11-12,15,19H,8-10H2,1-3H3,(H,17,20). The molecule has 2 unspecified atom stereocenters. The lowest BCUT2D eigenvalue weighted by molar-refractivity contribution is 0.117. The van der Waals surface area contributed by atoms with Gasteiger partial charge in [0.2, 0.25) is 0 Å². The summed E-state index contributed by atoms with van der Waals surface area (Å²) in [5.74, 6) is 0. The first-order valence-corrected chi connectivity index (χ1v) is 7.32. The zero-order valence-electron chi connectivity index (χ0n) is 12.5. The van der Waals surface area contributed by atoms with Crippen molar-refractivity contribution in [3.63, 3.8) is 0 Å². The molecule has 0 heterocycles. The summed E-state index contributed by atoms with van der Waals surface area (Å²) in [5.41, 5.74) is 2.55. The first-order chi connectivity index (χ1) is 9.49.